The second-order valence-corrected chi connectivity index (χ2v) is 27.5. The third-order valence-electron chi connectivity index (χ3n) is 14.5. The molecule has 0 aliphatic rings. The van der Waals surface area contributed by atoms with Crippen molar-refractivity contribution in [1.29, 1.82) is 0 Å². The fraction of sp³-hybridized carbons (Fsp3) is 0.879. The summed E-state index contributed by atoms with van der Waals surface area (Å²) in [4.78, 5) is 72.2. The Morgan fingerprint density at radius 2 is 0.635 bits per heavy atom. The van der Waals surface area contributed by atoms with Crippen LogP contribution in [0.5, 0.6) is 0 Å². The molecule has 0 aliphatic carbocycles. The van der Waals surface area contributed by atoms with Gasteiger partial charge >= 0.3 is 39.5 Å². The van der Waals surface area contributed by atoms with Crippen molar-refractivity contribution in [3.63, 3.8) is 0 Å². The van der Waals surface area contributed by atoms with E-state index >= 15 is 0 Å². The van der Waals surface area contributed by atoms with Crippen LogP contribution in [0.2, 0.25) is 0 Å². The number of allylic oxidation sites excluding steroid dienone is 4. The minimum atomic E-state index is -4.96. The van der Waals surface area contributed by atoms with Crippen LogP contribution in [0.15, 0.2) is 24.3 Å². The Balaban J connectivity index is 5.28. The molecule has 17 nitrogen and oxygen atoms in total. The van der Waals surface area contributed by atoms with Gasteiger partial charge in [-0.15, -0.1) is 0 Å². The number of hydrogen-bond acceptors (Lipinski definition) is 15. The molecule has 0 saturated heterocycles. The van der Waals surface area contributed by atoms with Crippen LogP contribution < -0.4 is 0 Å². The van der Waals surface area contributed by atoms with E-state index in [4.69, 9.17) is 37.0 Å². The molecular formula is C66H124O17P2. The predicted molar refractivity (Wildman–Crippen MR) is 340 cm³/mol. The highest BCUT2D eigenvalue weighted by molar-refractivity contribution is 7.47. The largest absolute Gasteiger partial charge is 0.472 e. The van der Waals surface area contributed by atoms with Crippen molar-refractivity contribution < 1.29 is 80.2 Å². The number of aliphatic hydroxyl groups is 1. The zero-order chi connectivity index (χ0) is 63.1. The maximum absolute atomic E-state index is 13.0. The van der Waals surface area contributed by atoms with Crippen LogP contribution in [0.1, 0.15) is 299 Å². The molecule has 0 bridgehead atoms. The average molecular weight is 1250 g/mol. The maximum atomic E-state index is 13.0. The van der Waals surface area contributed by atoms with Gasteiger partial charge in [0.05, 0.1) is 26.4 Å². The zero-order valence-corrected chi connectivity index (χ0v) is 56.3. The topological polar surface area (TPSA) is 237 Å². The van der Waals surface area contributed by atoms with E-state index in [-0.39, 0.29) is 25.7 Å². The first-order valence-electron chi connectivity index (χ1n) is 33.7. The summed E-state index contributed by atoms with van der Waals surface area (Å²) < 4.78 is 68.0. The molecule has 19 heteroatoms. The molecule has 0 spiro atoms. The second kappa shape index (κ2) is 56.8. The van der Waals surface area contributed by atoms with Crippen LogP contribution in [-0.4, -0.2) is 96.7 Å². The summed E-state index contributed by atoms with van der Waals surface area (Å²) in [5.41, 5.74) is 0. The lowest BCUT2D eigenvalue weighted by Gasteiger charge is -2.21. The molecule has 0 fully saturated rings. The number of phosphoric ester groups is 2. The van der Waals surface area contributed by atoms with Gasteiger partial charge in [-0.25, -0.2) is 9.13 Å². The van der Waals surface area contributed by atoms with Crippen molar-refractivity contribution in [3.05, 3.63) is 24.3 Å². The van der Waals surface area contributed by atoms with Gasteiger partial charge in [-0.2, -0.15) is 0 Å². The number of hydrogen-bond donors (Lipinski definition) is 3. The maximum Gasteiger partial charge on any atom is 0.472 e. The fourth-order valence-corrected chi connectivity index (χ4v) is 10.9. The minimum absolute atomic E-state index is 0.0836. The first-order chi connectivity index (χ1) is 40.7. The van der Waals surface area contributed by atoms with Gasteiger partial charge in [0.15, 0.2) is 12.2 Å². The van der Waals surface area contributed by atoms with Crippen molar-refractivity contribution in [2.75, 3.05) is 39.6 Å². The van der Waals surface area contributed by atoms with Crippen LogP contribution in [0.3, 0.4) is 0 Å². The van der Waals surface area contributed by atoms with Gasteiger partial charge in [0.1, 0.15) is 19.3 Å². The normalized spacial score (nSPS) is 14.5. The third kappa shape index (κ3) is 60.2. The van der Waals surface area contributed by atoms with E-state index in [0.717, 1.165) is 121 Å². The fourth-order valence-electron chi connectivity index (χ4n) is 9.29. The smallest absolute Gasteiger partial charge is 0.462 e. The summed E-state index contributed by atoms with van der Waals surface area (Å²) >= 11 is 0. The Morgan fingerprint density at radius 3 is 0.953 bits per heavy atom. The Hall–Kier alpha value is -2.46. The Labute approximate surface area is 516 Å². The summed E-state index contributed by atoms with van der Waals surface area (Å²) in [6.45, 7) is 11.6. The summed E-state index contributed by atoms with van der Waals surface area (Å²) in [6, 6.07) is 0. The van der Waals surface area contributed by atoms with Gasteiger partial charge in [-0.3, -0.25) is 37.3 Å². The van der Waals surface area contributed by atoms with Crippen molar-refractivity contribution in [2.24, 2.45) is 17.8 Å². The Bertz CT molecular complexity index is 1770. The zero-order valence-electron chi connectivity index (χ0n) is 54.5. The monoisotopic (exact) mass is 1250 g/mol. The Morgan fingerprint density at radius 1 is 0.365 bits per heavy atom. The minimum Gasteiger partial charge on any atom is -0.462 e. The summed E-state index contributed by atoms with van der Waals surface area (Å²) in [5, 5.41) is 10.5. The van der Waals surface area contributed by atoms with Crippen molar-refractivity contribution in [2.45, 2.75) is 317 Å². The quantitative estimate of drug-likeness (QED) is 0.0169. The van der Waals surface area contributed by atoms with Crippen LogP contribution in [-0.2, 0) is 65.4 Å². The van der Waals surface area contributed by atoms with Gasteiger partial charge in [0, 0.05) is 25.7 Å². The van der Waals surface area contributed by atoms with Crippen LogP contribution in [0.25, 0.3) is 0 Å². The average Bonchev–Trinajstić information content (AvgIpc) is 3.63. The first-order valence-corrected chi connectivity index (χ1v) is 36.7. The van der Waals surface area contributed by atoms with Crippen molar-refractivity contribution in [1.82, 2.24) is 0 Å². The molecule has 500 valence electrons. The molecule has 0 aliphatic heterocycles. The highest BCUT2D eigenvalue weighted by Gasteiger charge is 2.30. The molecule has 0 amide bonds. The molecule has 5 atom stereocenters. The van der Waals surface area contributed by atoms with E-state index in [1.54, 1.807) is 0 Å². The number of aliphatic hydroxyl groups excluding tert-OH is 1. The van der Waals surface area contributed by atoms with E-state index in [2.05, 4.69) is 72.8 Å². The van der Waals surface area contributed by atoms with E-state index in [9.17, 15) is 43.2 Å². The van der Waals surface area contributed by atoms with E-state index in [0.29, 0.717) is 37.5 Å². The van der Waals surface area contributed by atoms with Crippen LogP contribution >= 0.6 is 15.6 Å². The molecule has 85 heavy (non-hydrogen) atoms. The third-order valence-corrected chi connectivity index (χ3v) is 16.4. The molecule has 0 aromatic heterocycles. The molecule has 3 N–H and O–H groups in total. The molecule has 0 aromatic rings. The van der Waals surface area contributed by atoms with Gasteiger partial charge in [-0.1, -0.05) is 246 Å². The molecule has 0 rings (SSSR count). The SMILES string of the molecule is CCCCCC/C=C\C=C/CCCCCCCC(=O)O[C@H](COC(=O)CCCCCCCCCCC(C)C)COP(=O)(O)OCC(O)COP(=O)(O)OC[C@@H](COC(=O)CCCCCCCCCC(C)C)OC(=O)CCCCCCCCC(C)C. The number of esters is 4. The molecular weight excluding hydrogens is 1130 g/mol. The van der Waals surface area contributed by atoms with Gasteiger partial charge in [-0.05, 0) is 69.1 Å². The Kier molecular flexibility index (Phi) is 55.1. The molecule has 0 aromatic carbocycles. The number of carbonyl (C=O) groups excluding carboxylic acids is 4. The summed E-state index contributed by atoms with van der Waals surface area (Å²) in [7, 11) is -9.90. The summed E-state index contributed by atoms with van der Waals surface area (Å²) in [6.07, 6.45) is 41.5. The van der Waals surface area contributed by atoms with Crippen molar-refractivity contribution >= 4 is 39.5 Å². The predicted octanol–water partition coefficient (Wildman–Crippen LogP) is 17.8. The molecule has 0 radical (unpaired) electrons. The van der Waals surface area contributed by atoms with Gasteiger partial charge in [0.2, 0.25) is 0 Å². The number of carbonyl (C=O) groups is 4. The molecule has 0 heterocycles. The highest BCUT2D eigenvalue weighted by Crippen LogP contribution is 2.45. The first kappa shape index (κ1) is 82.5. The van der Waals surface area contributed by atoms with E-state index in [1.165, 1.54) is 83.5 Å². The number of unbranched alkanes of at least 4 members (excludes halogenated alkanes) is 27. The summed E-state index contributed by atoms with van der Waals surface area (Å²) in [5.74, 6) is -0.0750. The second-order valence-electron chi connectivity index (χ2n) is 24.6. The van der Waals surface area contributed by atoms with Gasteiger partial charge < -0.3 is 33.8 Å². The molecule has 3 unspecified atom stereocenters. The number of rotatable bonds is 62. The van der Waals surface area contributed by atoms with Crippen molar-refractivity contribution in [3.8, 4) is 0 Å². The molecule has 0 saturated carbocycles. The number of ether oxygens (including phenoxy) is 4. The highest BCUT2D eigenvalue weighted by atomic mass is 31.2. The van der Waals surface area contributed by atoms with Gasteiger partial charge in [0.25, 0.3) is 0 Å². The van der Waals surface area contributed by atoms with E-state index < -0.39 is 97.5 Å². The lowest BCUT2D eigenvalue weighted by molar-refractivity contribution is -0.161. The lowest BCUT2D eigenvalue weighted by Crippen LogP contribution is -2.30. The standard InChI is InChI=1S/C66H124O17P2/c1-8-9-10-11-12-13-14-15-16-17-18-19-26-35-42-49-65(70)82-61(53-76-63(68)47-40-33-25-21-20-23-30-37-44-57(2)3)55-80-84(72,73)78-51-60(67)52-79-85(74,75)81-56-62(83-66(71)50-43-36-29-28-32-39-46-59(6)7)54-77-64(69)48-41-34-27-22-24-31-38-45-58(4)5/h13-16,57-62,67H,8-12,17-56H2,1-7H3,(H,72,73)(H,74,75)/b14-13-,16-15-/t60?,61-,62-/m1/s1. The number of phosphoric acid groups is 2. The van der Waals surface area contributed by atoms with Crippen LogP contribution in [0, 0.1) is 17.8 Å². The lowest BCUT2D eigenvalue weighted by atomic mass is 10.0. The van der Waals surface area contributed by atoms with E-state index in [1.807, 2.05) is 0 Å². The van der Waals surface area contributed by atoms with Crippen LogP contribution in [0.4, 0.5) is 0 Å².